The molecule has 0 aliphatic rings. The predicted octanol–water partition coefficient (Wildman–Crippen LogP) is 8.92. The number of nitrogens with one attached hydrogen (secondary N) is 2. The number of fused-ring (bicyclic) bond motifs is 2. The number of benzene rings is 3. The summed E-state index contributed by atoms with van der Waals surface area (Å²) in [6.45, 7) is 4.89. The fourth-order valence-electron chi connectivity index (χ4n) is 6.16. The van der Waals surface area contributed by atoms with Gasteiger partial charge in [-0.2, -0.15) is 26.3 Å². The summed E-state index contributed by atoms with van der Waals surface area (Å²) in [7, 11) is 2.88. The number of methoxy groups -OCH3 is 2. The molecule has 3 aromatic carbocycles. The van der Waals surface area contributed by atoms with Crippen molar-refractivity contribution in [2.75, 3.05) is 24.9 Å². The first-order chi connectivity index (χ1) is 28.7. The van der Waals surface area contributed by atoms with Crippen molar-refractivity contribution in [3.05, 3.63) is 138 Å². The first-order valence-corrected chi connectivity index (χ1v) is 18.1. The summed E-state index contributed by atoms with van der Waals surface area (Å²) in [6, 6.07) is 20.7. The van der Waals surface area contributed by atoms with E-state index in [1.165, 1.54) is 63.3 Å². The van der Waals surface area contributed by atoms with Gasteiger partial charge in [-0.3, -0.25) is 14.1 Å². The minimum Gasteiger partial charge on any atom is -0.497 e. The molecule has 8 rings (SSSR count). The number of nitrogens with zero attached hydrogens (tertiary/aromatic N) is 9. The SMILES string of the molecule is COc1ccc2c(c1)nc(C(F)(F)F)n2-c1cnc(NCc2ccccc2C)cn1.COc1ccc2c(c1)nc(C(F)(F)F)n2-c1cnc(NCc2cccnc2C)cn1. The van der Waals surface area contributed by atoms with Gasteiger partial charge in [0.05, 0.1) is 61.1 Å². The zero-order valence-corrected chi connectivity index (χ0v) is 32.3. The largest absolute Gasteiger partial charge is 0.497 e. The Morgan fingerprint density at radius 1 is 0.567 bits per heavy atom. The number of halogens is 6. The number of pyridine rings is 1. The fourth-order valence-corrected chi connectivity index (χ4v) is 6.16. The van der Waals surface area contributed by atoms with Crippen molar-refractivity contribution in [1.82, 2.24) is 44.0 Å². The molecule has 0 unspecified atom stereocenters. The highest BCUT2D eigenvalue weighted by Crippen LogP contribution is 2.36. The van der Waals surface area contributed by atoms with E-state index in [1.807, 2.05) is 50.2 Å². The van der Waals surface area contributed by atoms with Crippen molar-refractivity contribution in [2.24, 2.45) is 0 Å². The highest BCUT2D eigenvalue weighted by Gasteiger charge is 2.39. The average Bonchev–Trinajstić information content (AvgIpc) is 3.83. The van der Waals surface area contributed by atoms with Crippen LogP contribution in [0.3, 0.4) is 0 Å². The van der Waals surface area contributed by atoms with Gasteiger partial charge in [-0.15, -0.1) is 0 Å². The van der Waals surface area contributed by atoms with Crippen molar-refractivity contribution >= 4 is 33.7 Å². The Hall–Kier alpha value is -7.31. The first kappa shape index (κ1) is 40.9. The second-order valence-corrected chi connectivity index (χ2v) is 13.1. The van der Waals surface area contributed by atoms with Gasteiger partial charge in [0, 0.05) is 37.1 Å². The lowest BCUT2D eigenvalue weighted by molar-refractivity contribution is -0.146. The third-order valence-electron chi connectivity index (χ3n) is 9.26. The molecule has 2 N–H and O–H groups in total. The number of alkyl halides is 6. The molecule has 0 amide bonds. The second-order valence-electron chi connectivity index (χ2n) is 13.1. The van der Waals surface area contributed by atoms with Gasteiger partial charge in [0.1, 0.15) is 23.1 Å². The maximum atomic E-state index is 13.6. The van der Waals surface area contributed by atoms with Gasteiger partial charge in [-0.25, -0.2) is 29.9 Å². The predicted molar refractivity (Wildman–Crippen MR) is 211 cm³/mol. The molecule has 0 aliphatic heterocycles. The lowest BCUT2D eigenvalue weighted by atomic mass is 10.1. The van der Waals surface area contributed by atoms with Gasteiger partial charge in [0.25, 0.3) is 0 Å². The van der Waals surface area contributed by atoms with E-state index in [9.17, 15) is 26.3 Å². The van der Waals surface area contributed by atoms with Crippen molar-refractivity contribution < 1.29 is 35.8 Å². The monoisotopic (exact) mass is 827 g/mol. The molecule has 60 heavy (non-hydrogen) atoms. The number of aryl methyl sites for hydroxylation is 2. The van der Waals surface area contributed by atoms with E-state index in [1.54, 1.807) is 18.3 Å². The molecule has 0 fully saturated rings. The van der Waals surface area contributed by atoms with Gasteiger partial charge in [0.15, 0.2) is 11.6 Å². The average molecular weight is 828 g/mol. The van der Waals surface area contributed by atoms with Crippen LogP contribution >= 0.6 is 0 Å². The fraction of sp³-hybridized carbons (Fsp3) is 0.195. The summed E-state index contributed by atoms with van der Waals surface area (Å²) in [5, 5.41) is 6.23. The molecule has 0 spiro atoms. The number of ether oxygens (including phenoxy) is 2. The molecule has 0 aliphatic carbocycles. The number of anilines is 2. The lowest BCUT2D eigenvalue weighted by Gasteiger charge is -2.12. The zero-order chi connectivity index (χ0) is 42.6. The van der Waals surface area contributed by atoms with Crippen molar-refractivity contribution in [3.63, 3.8) is 0 Å². The second kappa shape index (κ2) is 16.9. The van der Waals surface area contributed by atoms with E-state index in [2.05, 4.69) is 45.5 Å². The van der Waals surface area contributed by atoms with E-state index >= 15 is 0 Å². The molecule has 5 aromatic heterocycles. The number of rotatable bonds is 10. The van der Waals surface area contributed by atoms with Crippen LogP contribution in [0.4, 0.5) is 38.0 Å². The van der Waals surface area contributed by atoms with Crippen LogP contribution in [0.15, 0.2) is 104 Å². The van der Waals surface area contributed by atoms with Crippen LogP contribution < -0.4 is 20.1 Å². The molecule has 0 saturated carbocycles. The molecular formula is C41H35F6N11O2. The Kier molecular flexibility index (Phi) is 11.5. The maximum Gasteiger partial charge on any atom is 0.450 e. The van der Waals surface area contributed by atoms with E-state index in [4.69, 9.17) is 9.47 Å². The minimum atomic E-state index is -4.66. The van der Waals surface area contributed by atoms with Crippen LogP contribution in [-0.4, -0.2) is 58.2 Å². The molecule has 19 heteroatoms. The lowest BCUT2D eigenvalue weighted by Crippen LogP contribution is -2.15. The third kappa shape index (κ3) is 8.88. The van der Waals surface area contributed by atoms with Crippen LogP contribution in [-0.2, 0) is 25.4 Å². The van der Waals surface area contributed by atoms with Gasteiger partial charge >= 0.3 is 12.4 Å². The summed E-state index contributed by atoms with van der Waals surface area (Å²) < 4.78 is 93.7. The van der Waals surface area contributed by atoms with Crippen LogP contribution in [0.25, 0.3) is 33.7 Å². The molecular weight excluding hydrogens is 793 g/mol. The van der Waals surface area contributed by atoms with E-state index in [-0.39, 0.29) is 33.7 Å². The van der Waals surface area contributed by atoms with Gasteiger partial charge in [0.2, 0.25) is 11.6 Å². The number of hydrogen-bond acceptors (Lipinski definition) is 11. The molecule has 0 radical (unpaired) electrons. The molecule has 0 bridgehead atoms. The van der Waals surface area contributed by atoms with Gasteiger partial charge in [-0.1, -0.05) is 30.3 Å². The van der Waals surface area contributed by atoms with Gasteiger partial charge < -0.3 is 20.1 Å². The van der Waals surface area contributed by atoms with Crippen molar-refractivity contribution in [1.29, 1.82) is 0 Å². The summed E-state index contributed by atoms with van der Waals surface area (Å²) in [4.78, 5) is 28.5. The summed E-state index contributed by atoms with van der Waals surface area (Å²) in [5.74, 6) is -0.384. The first-order valence-electron chi connectivity index (χ1n) is 18.1. The standard InChI is InChI=1S/C21H18F3N5O.C20H17F3N6O/c1-13-5-3-4-6-14(13)10-25-18-11-27-19(12-26-18)29-17-8-7-15(30-2)9-16(17)28-20(29)21(22,23)24;1-12-13(4-3-7-24-12)9-25-17-10-27-18(11-26-17)29-16-6-5-14(30-2)8-15(16)28-19(29)20(21,22)23/h3-9,11-12H,10H2,1-2H3,(H,25,26);3-8,10-11H,9H2,1-2H3,(H,25,26). The Labute approximate surface area is 338 Å². The maximum absolute atomic E-state index is 13.6. The number of aromatic nitrogens is 9. The molecule has 0 saturated heterocycles. The normalized spacial score (nSPS) is 11.6. The Balaban J connectivity index is 0.000000181. The summed E-state index contributed by atoms with van der Waals surface area (Å²) in [6.07, 6.45) is -2.26. The van der Waals surface area contributed by atoms with Crippen LogP contribution in [0, 0.1) is 13.8 Å². The van der Waals surface area contributed by atoms with Crippen molar-refractivity contribution in [3.8, 4) is 23.1 Å². The smallest absolute Gasteiger partial charge is 0.450 e. The van der Waals surface area contributed by atoms with Crippen molar-refractivity contribution in [2.45, 2.75) is 39.3 Å². The Bertz CT molecular complexity index is 2560. The van der Waals surface area contributed by atoms with E-state index < -0.39 is 24.0 Å². The molecule has 0 atom stereocenters. The zero-order valence-electron chi connectivity index (χ0n) is 32.3. The van der Waals surface area contributed by atoms with E-state index in [0.717, 1.165) is 31.5 Å². The van der Waals surface area contributed by atoms with Gasteiger partial charge in [-0.05, 0) is 60.9 Å². The topological polar surface area (TPSA) is 143 Å². The molecule has 8 aromatic rings. The Morgan fingerprint density at radius 2 is 1.05 bits per heavy atom. The van der Waals surface area contributed by atoms with Crippen LogP contribution in [0.2, 0.25) is 0 Å². The Morgan fingerprint density at radius 3 is 1.48 bits per heavy atom. The summed E-state index contributed by atoms with van der Waals surface area (Å²) in [5.41, 5.74) is 4.91. The molecule has 13 nitrogen and oxygen atoms in total. The molecule has 5 heterocycles. The third-order valence-corrected chi connectivity index (χ3v) is 9.26. The summed E-state index contributed by atoms with van der Waals surface area (Å²) >= 11 is 0. The molecule has 308 valence electrons. The highest BCUT2D eigenvalue weighted by molar-refractivity contribution is 5.80. The van der Waals surface area contributed by atoms with E-state index in [0.29, 0.717) is 36.2 Å². The quantitative estimate of drug-likeness (QED) is 0.128. The highest BCUT2D eigenvalue weighted by atomic mass is 19.4. The van der Waals surface area contributed by atoms with Crippen LogP contribution in [0.1, 0.15) is 34.0 Å². The minimum absolute atomic E-state index is 0.0121. The number of imidazole rings is 2. The number of hydrogen-bond donors (Lipinski definition) is 2. The van der Waals surface area contributed by atoms with Crippen LogP contribution in [0.5, 0.6) is 11.5 Å².